The van der Waals surface area contributed by atoms with E-state index in [9.17, 15) is 0 Å². The Labute approximate surface area is 58.8 Å². The summed E-state index contributed by atoms with van der Waals surface area (Å²) < 4.78 is 0. The molecule has 0 bridgehead atoms. The average Bonchev–Trinajstić information content (AvgIpc) is 2.42. The van der Waals surface area contributed by atoms with Gasteiger partial charge in [0.2, 0.25) is 5.95 Å². The zero-order valence-corrected chi connectivity index (χ0v) is 5.83. The molecule has 0 saturated heterocycles. The second kappa shape index (κ2) is 1.71. The first-order valence-electron chi connectivity index (χ1n) is 3.45. The van der Waals surface area contributed by atoms with Crippen LogP contribution in [0.15, 0.2) is 0 Å². The molecule has 0 amide bonds. The fraction of sp³-hybridized carbons (Fsp3) is 0.667. The number of nitrogens with one attached hydrogen (secondary N) is 1. The van der Waals surface area contributed by atoms with Crippen molar-refractivity contribution in [1.82, 2.24) is 15.2 Å². The van der Waals surface area contributed by atoms with Crippen molar-refractivity contribution in [2.75, 3.05) is 5.73 Å². The van der Waals surface area contributed by atoms with E-state index < -0.39 is 0 Å². The van der Waals surface area contributed by atoms with Crippen molar-refractivity contribution in [2.24, 2.45) is 5.92 Å². The van der Waals surface area contributed by atoms with Crippen LogP contribution in [0.25, 0.3) is 0 Å². The highest BCUT2D eigenvalue weighted by Gasteiger charge is 2.36. The van der Waals surface area contributed by atoms with E-state index in [-0.39, 0.29) is 0 Å². The molecule has 0 aromatic carbocycles. The Morgan fingerprint density at radius 2 is 2.40 bits per heavy atom. The van der Waals surface area contributed by atoms with Gasteiger partial charge in [-0.2, -0.15) is 4.98 Å². The van der Waals surface area contributed by atoms with Crippen molar-refractivity contribution in [3.63, 3.8) is 0 Å². The Morgan fingerprint density at radius 3 is 2.80 bits per heavy atom. The molecule has 1 aliphatic carbocycles. The summed E-state index contributed by atoms with van der Waals surface area (Å²) >= 11 is 0. The maximum atomic E-state index is 5.34. The average molecular weight is 138 g/mol. The minimum atomic E-state index is 0.356. The van der Waals surface area contributed by atoms with Gasteiger partial charge in [0.15, 0.2) is 0 Å². The van der Waals surface area contributed by atoms with Crippen LogP contribution in [-0.4, -0.2) is 15.2 Å². The van der Waals surface area contributed by atoms with Crippen molar-refractivity contribution in [3.8, 4) is 0 Å². The molecule has 4 nitrogen and oxygen atoms in total. The van der Waals surface area contributed by atoms with Gasteiger partial charge in [0.25, 0.3) is 0 Å². The van der Waals surface area contributed by atoms with Crippen LogP contribution in [0, 0.1) is 5.92 Å². The molecule has 0 radical (unpaired) electrons. The van der Waals surface area contributed by atoms with Crippen molar-refractivity contribution in [1.29, 1.82) is 0 Å². The van der Waals surface area contributed by atoms with E-state index in [0.29, 0.717) is 11.9 Å². The lowest BCUT2D eigenvalue weighted by Crippen LogP contribution is -1.86. The monoisotopic (exact) mass is 138 g/mol. The molecule has 1 heterocycles. The van der Waals surface area contributed by atoms with Crippen LogP contribution in [0.3, 0.4) is 0 Å². The topological polar surface area (TPSA) is 67.6 Å². The van der Waals surface area contributed by atoms with E-state index in [2.05, 4.69) is 22.1 Å². The summed E-state index contributed by atoms with van der Waals surface area (Å²) in [4.78, 5) is 4.03. The molecule has 3 N–H and O–H groups in total. The molecule has 54 valence electrons. The summed E-state index contributed by atoms with van der Waals surface area (Å²) in [6, 6.07) is 0. The van der Waals surface area contributed by atoms with E-state index in [0.717, 1.165) is 11.7 Å². The molecule has 2 atom stereocenters. The summed E-state index contributed by atoms with van der Waals surface area (Å²) in [5.74, 6) is 2.65. The molecule has 1 fully saturated rings. The minimum Gasteiger partial charge on any atom is -0.367 e. The van der Waals surface area contributed by atoms with E-state index >= 15 is 0 Å². The lowest BCUT2D eigenvalue weighted by Gasteiger charge is -1.84. The third-order valence-electron chi connectivity index (χ3n) is 1.98. The number of hydrogen-bond acceptors (Lipinski definition) is 3. The quantitative estimate of drug-likeness (QED) is 0.594. The van der Waals surface area contributed by atoms with Crippen molar-refractivity contribution in [3.05, 3.63) is 5.82 Å². The van der Waals surface area contributed by atoms with Crippen LogP contribution in [0.5, 0.6) is 0 Å². The van der Waals surface area contributed by atoms with Gasteiger partial charge in [0.1, 0.15) is 5.82 Å². The van der Waals surface area contributed by atoms with Crippen LogP contribution in [0.1, 0.15) is 25.1 Å². The van der Waals surface area contributed by atoms with Crippen molar-refractivity contribution in [2.45, 2.75) is 19.3 Å². The number of anilines is 1. The SMILES string of the molecule is C[C@H]1C[C@@H]1c1nc(N)n[nH]1. The standard InChI is InChI=1S/C6H10N4/c1-3-2-4(3)5-8-6(7)10-9-5/h3-4H,2H2,1H3,(H3,7,8,9,10)/t3-,4-/m0/s1. The Hall–Kier alpha value is -1.06. The third kappa shape index (κ3) is 0.761. The molecule has 4 heteroatoms. The van der Waals surface area contributed by atoms with E-state index in [1.807, 2.05) is 0 Å². The van der Waals surface area contributed by atoms with Crippen LogP contribution in [-0.2, 0) is 0 Å². The van der Waals surface area contributed by atoms with Crippen LogP contribution < -0.4 is 5.73 Å². The van der Waals surface area contributed by atoms with Gasteiger partial charge in [0, 0.05) is 5.92 Å². The molecule has 0 aliphatic heterocycles. The zero-order valence-electron chi connectivity index (χ0n) is 5.83. The highest BCUT2D eigenvalue weighted by Crippen LogP contribution is 2.45. The maximum absolute atomic E-state index is 5.34. The first-order chi connectivity index (χ1) is 4.77. The van der Waals surface area contributed by atoms with Crippen LogP contribution in [0.2, 0.25) is 0 Å². The van der Waals surface area contributed by atoms with Gasteiger partial charge >= 0.3 is 0 Å². The Morgan fingerprint density at radius 1 is 1.70 bits per heavy atom. The number of nitrogens with two attached hydrogens (primary N) is 1. The number of H-pyrrole nitrogens is 1. The number of rotatable bonds is 1. The van der Waals surface area contributed by atoms with Gasteiger partial charge in [-0.1, -0.05) is 6.92 Å². The number of hydrogen-bond donors (Lipinski definition) is 2. The molecule has 2 rings (SSSR count). The first-order valence-corrected chi connectivity index (χ1v) is 3.45. The fourth-order valence-electron chi connectivity index (χ4n) is 1.16. The Bertz CT molecular complexity index is 242. The zero-order chi connectivity index (χ0) is 7.14. The molecule has 10 heavy (non-hydrogen) atoms. The van der Waals surface area contributed by atoms with Gasteiger partial charge in [-0.15, -0.1) is 5.10 Å². The molecular weight excluding hydrogens is 128 g/mol. The normalized spacial score (nSPS) is 30.5. The number of nitrogens with zero attached hydrogens (tertiary/aromatic N) is 2. The van der Waals surface area contributed by atoms with E-state index in [1.165, 1.54) is 6.42 Å². The summed E-state index contributed by atoms with van der Waals surface area (Å²) in [6.07, 6.45) is 1.22. The van der Waals surface area contributed by atoms with E-state index in [4.69, 9.17) is 5.73 Å². The molecule has 1 aromatic heterocycles. The number of aromatic nitrogens is 3. The van der Waals surface area contributed by atoms with Gasteiger partial charge in [0.05, 0.1) is 0 Å². The summed E-state index contributed by atoms with van der Waals surface area (Å²) in [5, 5.41) is 6.57. The van der Waals surface area contributed by atoms with Gasteiger partial charge < -0.3 is 5.73 Å². The number of aromatic amines is 1. The first kappa shape index (κ1) is 5.70. The lowest BCUT2D eigenvalue weighted by atomic mass is 10.3. The molecule has 1 aromatic rings. The number of nitrogen functional groups attached to an aromatic ring is 1. The smallest absolute Gasteiger partial charge is 0.239 e. The second-order valence-corrected chi connectivity index (χ2v) is 2.90. The van der Waals surface area contributed by atoms with Gasteiger partial charge in [-0.05, 0) is 12.3 Å². The highest BCUT2D eigenvalue weighted by molar-refractivity contribution is 5.18. The van der Waals surface area contributed by atoms with Crippen LogP contribution >= 0.6 is 0 Å². The largest absolute Gasteiger partial charge is 0.367 e. The molecule has 1 aliphatic rings. The lowest BCUT2D eigenvalue weighted by molar-refractivity contribution is 0.848. The van der Waals surface area contributed by atoms with Gasteiger partial charge in [-0.25, -0.2) is 0 Å². The fourth-order valence-corrected chi connectivity index (χ4v) is 1.16. The summed E-state index contributed by atoms with van der Waals surface area (Å²) in [6.45, 7) is 2.20. The predicted octanol–water partition coefficient (Wildman–Crippen LogP) is 0.510. The molecule has 0 spiro atoms. The van der Waals surface area contributed by atoms with E-state index in [1.54, 1.807) is 0 Å². The predicted molar refractivity (Wildman–Crippen MR) is 37.3 cm³/mol. The molecule has 1 saturated carbocycles. The Balaban J connectivity index is 2.20. The maximum Gasteiger partial charge on any atom is 0.239 e. The third-order valence-corrected chi connectivity index (χ3v) is 1.98. The molecular formula is C6H10N4. The van der Waals surface area contributed by atoms with Crippen molar-refractivity contribution < 1.29 is 0 Å². The minimum absolute atomic E-state index is 0.356. The van der Waals surface area contributed by atoms with Crippen molar-refractivity contribution >= 4 is 5.95 Å². The van der Waals surface area contributed by atoms with Crippen LogP contribution in [0.4, 0.5) is 5.95 Å². The summed E-state index contributed by atoms with van der Waals surface area (Å²) in [7, 11) is 0. The molecule has 0 unspecified atom stereocenters. The second-order valence-electron chi connectivity index (χ2n) is 2.90. The highest BCUT2D eigenvalue weighted by atomic mass is 15.3. The van der Waals surface area contributed by atoms with Gasteiger partial charge in [-0.3, -0.25) is 5.10 Å². The Kier molecular flexibility index (Phi) is 0.977. The summed E-state index contributed by atoms with van der Waals surface area (Å²) in [5.41, 5.74) is 5.34.